The Kier molecular flexibility index (Phi) is 6.56. The Morgan fingerprint density at radius 1 is 1.03 bits per heavy atom. The molecule has 1 amide bonds. The first-order valence-corrected chi connectivity index (χ1v) is 9.84. The molecule has 7 heteroatoms. The number of aromatic nitrogens is 2. The number of imidazole rings is 1. The first-order chi connectivity index (χ1) is 14.0. The second-order valence-electron chi connectivity index (χ2n) is 6.97. The van der Waals surface area contributed by atoms with Crippen LogP contribution in [0.2, 0.25) is 0 Å². The SMILES string of the molecule is CCCCN(Cc1nc2c(F)cccc2n1CCC)C(=O)c1cccc(F)c1F. The third-order valence-electron chi connectivity index (χ3n) is 4.84. The standard InChI is InChI=1S/C22H24F3N3O/c1-3-5-13-27(22(29)15-8-6-9-16(23)20(15)25)14-19-26-21-17(24)10-7-11-18(21)28(19)12-4-2/h6-11H,3-5,12-14H2,1-2H3. The minimum atomic E-state index is -1.16. The molecule has 0 aliphatic carbocycles. The lowest BCUT2D eigenvalue weighted by atomic mass is 10.1. The largest absolute Gasteiger partial charge is 0.331 e. The minimum absolute atomic E-state index is 0.0862. The van der Waals surface area contributed by atoms with Gasteiger partial charge in [-0.2, -0.15) is 0 Å². The van der Waals surface area contributed by atoms with E-state index in [4.69, 9.17) is 0 Å². The van der Waals surface area contributed by atoms with Crippen LogP contribution in [0, 0.1) is 17.5 Å². The quantitative estimate of drug-likeness (QED) is 0.511. The average molecular weight is 403 g/mol. The van der Waals surface area contributed by atoms with Crippen LogP contribution in [0.4, 0.5) is 13.2 Å². The minimum Gasteiger partial charge on any atom is -0.331 e. The van der Waals surface area contributed by atoms with Crippen LogP contribution in [-0.4, -0.2) is 26.9 Å². The van der Waals surface area contributed by atoms with E-state index in [2.05, 4.69) is 4.98 Å². The molecule has 0 bridgehead atoms. The maximum atomic E-state index is 14.2. The fourth-order valence-corrected chi connectivity index (χ4v) is 3.37. The number of hydrogen-bond donors (Lipinski definition) is 0. The van der Waals surface area contributed by atoms with Crippen LogP contribution in [0.5, 0.6) is 0 Å². The summed E-state index contributed by atoms with van der Waals surface area (Å²) in [4.78, 5) is 18.9. The van der Waals surface area contributed by atoms with Gasteiger partial charge in [-0.3, -0.25) is 4.79 Å². The predicted molar refractivity (Wildman–Crippen MR) is 106 cm³/mol. The van der Waals surface area contributed by atoms with Crippen molar-refractivity contribution in [3.8, 4) is 0 Å². The molecule has 0 fully saturated rings. The number of para-hydroxylation sites is 1. The topological polar surface area (TPSA) is 38.1 Å². The Labute approximate surface area is 168 Å². The van der Waals surface area contributed by atoms with Gasteiger partial charge in [0.05, 0.1) is 17.6 Å². The molecule has 0 saturated carbocycles. The zero-order valence-corrected chi connectivity index (χ0v) is 16.6. The number of rotatable bonds is 8. The number of benzene rings is 2. The predicted octanol–water partition coefficient (Wildman–Crippen LogP) is 5.31. The maximum absolute atomic E-state index is 14.2. The van der Waals surface area contributed by atoms with E-state index in [1.165, 1.54) is 23.1 Å². The maximum Gasteiger partial charge on any atom is 0.257 e. The zero-order chi connectivity index (χ0) is 21.0. The molecule has 0 atom stereocenters. The van der Waals surface area contributed by atoms with E-state index in [1.54, 1.807) is 12.1 Å². The number of aryl methyl sites for hydroxylation is 1. The van der Waals surface area contributed by atoms with Gasteiger partial charge >= 0.3 is 0 Å². The highest BCUT2D eigenvalue weighted by atomic mass is 19.2. The third kappa shape index (κ3) is 4.28. The summed E-state index contributed by atoms with van der Waals surface area (Å²) in [6, 6.07) is 8.32. The molecule has 154 valence electrons. The number of carbonyl (C=O) groups excluding carboxylic acids is 1. The fraction of sp³-hybridized carbons (Fsp3) is 0.364. The van der Waals surface area contributed by atoms with E-state index >= 15 is 0 Å². The van der Waals surface area contributed by atoms with Crippen LogP contribution in [0.3, 0.4) is 0 Å². The summed E-state index contributed by atoms with van der Waals surface area (Å²) in [5, 5.41) is 0. The van der Waals surface area contributed by atoms with Crippen LogP contribution < -0.4 is 0 Å². The fourth-order valence-electron chi connectivity index (χ4n) is 3.37. The zero-order valence-electron chi connectivity index (χ0n) is 16.6. The van der Waals surface area contributed by atoms with Crippen molar-refractivity contribution in [1.82, 2.24) is 14.5 Å². The summed E-state index contributed by atoms with van der Waals surface area (Å²) in [6.45, 7) is 5.04. The molecule has 1 aromatic heterocycles. The van der Waals surface area contributed by atoms with Crippen LogP contribution in [0.25, 0.3) is 11.0 Å². The summed E-state index contributed by atoms with van der Waals surface area (Å²) >= 11 is 0. The van der Waals surface area contributed by atoms with Gasteiger partial charge in [0.2, 0.25) is 0 Å². The van der Waals surface area contributed by atoms with Crippen molar-refractivity contribution in [3.63, 3.8) is 0 Å². The first kappa shape index (κ1) is 20.9. The van der Waals surface area contributed by atoms with Crippen molar-refractivity contribution in [1.29, 1.82) is 0 Å². The van der Waals surface area contributed by atoms with E-state index in [0.29, 0.717) is 30.9 Å². The van der Waals surface area contributed by atoms with Crippen LogP contribution in [0.15, 0.2) is 36.4 Å². The summed E-state index contributed by atoms with van der Waals surface area (Å²) < 4.78 is 43.9. The van der Waals surface area contributed by atoms with Gasteiger partial charge in [0.15, 0.2) is 17.5 Å². The van der Waals surface area contributed by atoms with Gasteiger partial charge < -0.3 is 9.47 Å². The van der Waals surface area contributed by atoms with Crippen molar-refractivity contribution in [2.24, 2.45) is 0 Å². The molecule has 0 unspecified atom stereocenters. The van der Waals surface area contributed by atoms with Crippen molar-refractivity contribution >= 4 is 16.9 Å². The van der Waals surface area contributed by atoms with Crippen molar-refractivity contribution in [2.75, 3.05) is 6.54 Å². The van der Waals surface area contributed by atoms with E-state index < -0.39 is 23.4 Å². The van der Waals surface area contributed by atoms with Gasteiger partial charge in [0.1, 0.15) is 11.3 Å². The second-order valence-corrected chi connectivity index (χ2v) is 6.97. The Morgan fingerprint density at radius 2 is 1.76 bits per heavy atom. The molecule has 0 radical (unpaired) electrons. The number of carbonyl (C=O) groups is 1. The summed E-state index contributed by atoms with van der Waals surface area (Å²) in [7, 11) is 0. The number of unbranched alkanes of at least 4 members (excludes halogenated alkanes) is 1. The molecule has 0 saturated heterocycles. The number of nitrogens with zero attached hydrogens (tertiary/aromatic N) is 3. The lowest BCUT2D eigenvalue weighted by molar-refractivity contribution is 0.0729. The van der Waals surface area contributed by atoms with E-state index in [9.17, 15) is 18.0 Å². The highest BCUT2D eigenvalue weighted by Gasteiger charge is 2.24. The molecule has 0 aliphatic rings. The molecule has 0 spiro atoms. The average Bonchev–Trinajstić information content (AvgIpc) is 3.06. The smallest absolute Gasteiger partial charge is 0.257 e. The van der Waals surface area contributed by atoms with E-state index in [0.717, 1.165) is 18.9 Å². The summed E-state index contributed by atoms with van der Waals surface area (Å²) in [5.74, 6) is -2.74. The Balaban J connectivity index is 2.00. The molecular formula is C22H24F3N3O. The summed E-state index contributed by atoms with van der Waals surface area (Å²) in [6.07, 6.45) is 2.33. The molecular weight excluding hydrogens is 379 g/mol. The Hall–Kier alpha value is -2.83. The highest BCUT2D eigenvalue weighted by molar-refractivity contribution is 5.94. The normalized spacial score (nSPS) is 11.2. The molecule has 0 aliphatic heterocycles. The number of hydrogen-bond acceptors (Lipinski definition) is 2. The molecule has 29 heavy (non-hydrogen) atoms. The molecule has 2 aromatic carbocycles. The van der Waals surface area contributed by atoms with Gasteiger partial charge in [-0.25, -0.2) is 18.2 Å². The highest BCUT2D eigenvalue weighted by Crippen LogP contribution is 2.22. The van der Waals surface area contributed by atoms with E-state index in [-0.39, 0.29) is 17.6 Å². The molecule has 3 aromatic rings. The molecule has 3 rings (SSSR count). The van der Waals surface area contributed by atoms with E-state index in [1.807, 2.05) is 18.4 Å². The lowest BCUT2D eigenvalue weighted by Gasteiger charge is -2.23. The monoisotopic (exact) mass is 403 g/mol. The van der Waals surface area contributed by atoms with Crippen LogP contribution >= 0.6 is 0 Å². The van der Waals surface area contributed by atoms with Gasteiger partial charge in [-0.1, -0.05) is 32.4 Å². The lowest BCUT2D eigenvalue weighted by Crippen LogP contribution is -2.33. The van der Waals surface area contributed by atoms with Crippen LogP contribution in [-0.2, 0) is 13.1 Å². The van der Waals surface area contributed by atoms with Crippen molar-refractivity contribution in [2.45, 2.75) is 46.2 Å². The van der Waals surface area contributed by atoms with Crippen molar-refractivity contribution < 1.29 is 18.0 Å². The van der Waals surface area contributed by atoms with Gasteiger partial charge in [-0.05, 0) is 37.1 Å². The Bertz CT molecular complexity index is 1020. The molecule has 4 nitrogen and oxygen atoms in total. The Morgan fingerprint density at radius 3 is 2.48 bits per heavy atom. The van der Waals surface area contributed by atoms with Crippen LogP contribution in [0.1, 0.15) is 49.3 Å². The van der Waals surface area contributed by atoms with Gasteiger partial charge in [0, 0.05) is 13.1 Å². The number of fused-ring (bicyclic) bond motifs is 1. The van der Waals surface area contributed by atoms with Gasteiger partial charge in [0.25, 0.3) is 5.91 Å². The van der Waals surface area contributed by atoms with Crippen molar-refractivity contribution in [3.05, 3.63) is 65.2 Å². The first-order valence-electron chi connectivity index (χ1n) is 9.84. The number of halogens is 3. The summed E-state index contributed by atoms with van der Waals surface area (Å²) in [5.41, 5.74) is 0.586. The molecule has 0 N–H and O–H groups in total. The third-order valence-corrected chi connectivity index (χ3v) is 4.84. The number of amides is 1. The second kappa shape index (κ2) is 9.11. The molecule has 1 heterocycles. The van der Waals surface area contributed by atoms with Gasteiger partial charge in [-0.15, -0.1) is 0 Å².